The summed E-state index contributed by atoms with van der Waals surface area (Å²) in [4.78, 5) is 4.94. The van der Waals surface area contributed by atoms with Gasteiger partial charge in [0.15, 0.2) is 0 Å². The zero-order valence-corrected chi connectivity index (χ0v) is 9.95. The summed E-state index contributed by atoms with van der Waals surface area (Å²) < 4.78 is 0. The standard InChI is InChI=1S/C11H24N4/c1-14-6-4-3-5-11(14)15(2)10-8-13-7-9(10)12/h9-11,13H,3-8,12H2,1-2H3. The first-order chi connectivity index (χ1) is 7.20. The second-order valence-electron chi connectivity index (χ2n) is 5.01. The zero-order chi connectivity index (χ0) is 10.8. The number of piperidine rings is 1. The molecule has 0 radical (unpaired) electrons. The molecule has 2 aliphatic rings. The van der Waals surface area contributed by atoms with E-state index in [9.17, 15) is 0 Å². The van der Waals surface area contributed by atoms with E-state index in [1.807, 2.05) is 0 Å². The summed E-state index contributed by atoms with van der Waals surface area (Å²) >= 11 is 0. The lowest BCUT2D eigenvalue weighted by atomic mass is 10.0. The second-order valence-corrected chi connectivity index (χ2v) is 5.01. The summed E-state index contributed by atoms with van der Waals surface area (Å²) in [6.07, 6.45) is 4.58. The molecule has 0 bridgehead atoms. The van der Waals surface area contributed by atoms with Crippen LogP contribution in [0.5, 0.6) is 0 Å². The predicted octanol–water partition coefficient (Wildman–Crippen LogP) is -0.341. The summed E-state index contributed by atoms with van der Waals surface area (Å²) in [5, 5.41) is 3.37. The van der Waals surface area contributed by atoms with Gasteiger partial charge in [0.05, 0.1) is 6.17 Å². The summed E-state index contributed by atoms with van der Waals surface area (Å²) in [5.41, 5.74) is 6.11. The van der Waals surface area contributed by atoms with Gasteiger partial charge in [-0.2, -0.15) is 0 Å². The van der Waals surface area contributed by atoms with E-state index in [-0.39, 0.29) is 0 Å². The maximum absolute atomic E-state index is 6.11. The Balaban J connectivity index is 1.96. The van der Waals surface area contributed by atoms with Gasteiger partial charge in [-0.1, -0.05) is 0 Å². The Hall–Kier alpha value is -0.160. The highest BCUT2D eigenvalue weighted by atomic mass is 15.4. The van der Waals surface area contributed by atoms with Crippen molar-refractivity contribution in [2.45, 2.75) is 37.5 Å². The highest BCUT2D eigenvalue weighted by Gasteiger charge is 2.33. The van der Waals surface area contributed by atoms with Crippen molar-refractivity contribution in [3.05, 3.63) is 0 Å². The molecule has 2 fully saturated rings. The first-order valence-corrected chi connectivity index (χ1v) is 6.08. The molecule has 3 unspecified atom stereocenters. The number of nitrogens with two attached hydrogens (primary N) is 1. The predicted molar refractivity (Wildman–Crippen MR) is 62.7 cm³/mol. The minimum absolute atomic E-state index is 0.297. The van der Waals surface area contributed by atoms with Crippen LogP contribution in [0.15, 0.2) is 0 Å². The number of hydrogen-bond acceptors (Lipinski definition) is 4. The molecule has 3 N–H and O–H groups in total. The molecule has 0 spiro atoms. The van der Waals surface area contributed by atoms with Gasteiger partial charge in [-0.3, -0.25) is 9.80 Å². The van der Waals surface area contributed by atoms with E-state index in [4.69, 9.17) is 5.73 Å². The fourth-order valence-electron chi connectivity index (χ4n) is 2.92. The maximum Gasteiger partial charge on any atom is 0.0620 e. The summed E-state index contributed by atoms with van der Waals surface area (Å²) in [7, 11) is 4.46. The van der Waals surface area contributed by atoms with Gasteiger partial charge >= 0.3 is 0 Å². The maximum atomic E-state index is 6.11. The molecule has 2 rings (SSSR count). The van der Waals surface area contributed by atoms with Crippen molar-refractivity contribution >= 4 is 0 Å². The van der Waals surface area contributed by atoms with Crippen LogP contribution in [0.2, 0.25) is 0 Å². The third kappa shape index (κ3) is 2.33. The summed E-state index contributed by atoms with van der Waals surface area (Å²) in [6.45, 7) is 3.23. The van der Waals surface area contributed by atoms with E-state index in [1.54, 1.807) is 0 Å². The number of likely N-dealkylation sites (tertiary alicyclic amines) is 1. The lowest BCUT2D eigenvalue weighted by molar-refractivity contribution is 0.0231. The smallest absolute Gasteiger partial charge is 0.0620 e. The minimum atomic E-state index is 0.297. The monoisotopic (exact) mass is 212 g/mol. The molecule has 0 amide bonds. The third-order valence-electron chi connectivity index (χ3n) is 3.95. The normalized spacial score (nSPS) is 38.8. The van der Waals surface area contributed by atoms with Crippen LogP contribution in [0.1, 0.15) is 19.3 Å². The van der Waals surface area contributed by atoms with Crippen molar-refractivity contribution in [2.75, 3.05) is 33.7 Å². The molecular formula is C11H24N4. The SMILES string of the molecule is CN1CCCCC1N(C)C1CNCC1N. The molecular weight excluding hydrogens is 188 g/mol. The Kier molecular flexibility index (Phi) is 3.61. The van der Waals surface area contributed by atoms with Crippen LogP contribution in [-0.4, -0.2) is 61.8 Å². The van der Waals surface area contributed by atoms with Crippen molar-refractivity contribution in [2.24, 2.45) is 5.73 Å². The number of nitrogens with zero attached hydrogens (tertiary/aromatic N) is 2. The van der Waals surface area contributed by atoms with Gasteiger partial charge in [0.1, 0.15) is 0 Å². The van der Waals surface area contributed by atoms with E-state index >= 15 is 0 Å². The number of hydrogen-bond donors (Lipinski definition) is 2. The molecule has 4 nitrogen and oxygen atoms in total. The largest absolute Gasteiger partial charge is 0.325 e. The molecule has 4 heteroatoms. The molecule has 0 aliphatic carbocycles. The molecule has 0 aromatic rings. The van der Waals surface area contributed by atoms with Gasteiger partial charge in [-0.05, 0) is 39.9 Å². The molecule has 0 aromatic carbocycles. The average molecular weight is 212 g/mol. The van der Waals surface area contributed by atoms with Crippen molar-refractivity contribution in [1.29, 1.82) is 0 Å². The quantitative estimate of drug-likeness (QED) is 0.657. The summed E-state index contributed by atoms with van der Waals surface area (Å²) in [5.74, 6) is 0. The van der Waals surface area contributed by atoms with Crippen LogP contribution < -0.4 is 11.1 Å². The highest BCUT2D eigenvalue weighted by Crippen LogP contribution is 2.20. The number of nitrogens with one attached hydrogen (secondary N) is 1. The van der Waals surface area contributed by atoms with Gasteiger partial charge in [-0.15, -0.1) is 0 Å². The molecule has 2 heterocycles. The first-order valence-electron chi connectivity index (χ1n) is 6.08. The topological polar surface area (TPSA) is 44.5 Å². The molecule has 3 atom stereocenters. The Bertz CT molecular complexity index is 209. The highest BCUT2D eigenvalue weighted by molar-refractivity contribution is 4.92. The fraction of sp³-hybridized carbons (Fsp3) is 1.00. The number of rotatable bonds is 2. The van der Waals surface area contributed by atoms with Crippen molar-refractivity contribution in [3.63, 3.8) is 0 Å². The van der Waals surface area contributed by atoms with Crippen LogP contribution >= 0.6 is 0 Å². The van der Waals surface area contributed by atoms with Crippen molar-refractivity contribution < 1.29 is 0 Å². The zero-order valence-electron chi connectivity index (χ0n) is 9.95. The molecule has 2 aliphatic heterocycles. The van der Waals surface area contributed by atoms with Gasteiger partial charge in [0.2, 0.25) is 0 Å². The average Bonchev–Trinajstić information content (AvgIpc) is 2.64. The van der Waals surface area contributed by atoms with Crippen LogP contribution in [-0.2, 0) is 0 Å². The summed E-state index contributed by atoms with van der Waals surface area (Å²) in [6, 6.07) is 0.806. The van der Waals surface area contributed by atoms with E-state index in [0.29, 0.717) is 18.2 Å². The fourth-order valence-corrected chi connectivity index (χ4v) is 2.92. The number of likely N-dealkylation sites (N-methyl/N-ethyl adjacent to an activating group) is 1. The molecule has 0 saturated carbocycles. The first kappa shape index (κ1) is 11.3. The molecule has 88 valence electrons. The van der Waals surface area contributed by atoms with Crippen molar-refractivity contribution in [1.82, 2.24) is 15.1 Å². The van der Waals surface area contributed by atoms with Gasteiger partial charge in [-0.25, -0.2) is 0 Å². The third-order valence-corrected chi connectivity index (χ3v) is 3.95. The Labute approximate surface area is 92.8 Å². The van der Waals surface area contributed by atoms with Gasteiger partial charge in [0, 0.05) is 25.2 Å². The molecule has 15 heavy (non-hydrogen) atoms. The second kappa shape index (κ2) is 4.78. The Morgan fingerprint density at radius 2 is 2.13 bits per heavy atom. The van der Waals surface area contributed by atoms with Crippen LogP contribution in [0.4, 0.5) is 0 Å². The van der Waals surface area contributed by atoms with Gasteiger partial charge in [0.25, 0.3) is 0 Å². The van der Waals surface area contributed by atoms with E-state index in [2.05, 4.69) is 29.2 Å². The lowest BCUT2D eigenvalue weighted by Gasteiger charge is -2.42. The van der Waals surface area contributed by atoms with Gasteiger partial charge < -0.3 is 11.1 Å². The minimum Gasteiger partial charge on any atom is -0.325 e. The Morgan fingerprint density at radius 1 is 1.33 bits per heavy atom. The van der Waals surface area contributed by atoms with Crippen LogP contribution in [0.25, 0.3) is 0 Å². The van der Waals surface area contributed by atoms with Crippen molar-refractivity contribution in [3.8, 4) is 0 Å². The van der Waals surface area contributed by atoms with Crippen LogP contribution in [0.3, 0.4) is 0 Å². The molecule has 2 saturated heterocycles. The van der Waals surface area contributed by atoms with E-state index in [0.717, 1.165) is 13.1 Å². The van der Waals surface area contributed by atoms with E-state index < -0.39 is 0 Å². The van der Waals surface area contributed by atoms with Crippen LogP contribution in [0, 0.1) is 0 Å². The lowest BCUT2D eigenvalue weighted by Crippen LogP contribution is -2.56. The Morgan fingerprint density at radius 3 is 2.73 bits per heavy atom. The molecule has 0 aromatic heterocycles. The van der Waals surface area contributed by atoms with E-state index in [1.165, 1.54) is 25.8 Å².